The number of nitrogens with one attached hydrogen (secondary N) is 1. The van der Waals surface area contributed by atoms with E-state index < -0.39 is 8.80 Å². The Morgan fingerprint density at radius 2 is 1.50 bits per heavy atom. The molecule has 0 spiro atoms. The molecule has 0 saturated heterocycles. The molecule has 0 aliphatic heterocycles. The van der Waals surface area contributed by atoms with Crippen LogP contribution < -0.4 is 11.1 Å². The quantitative estimate of drug-likeness (QED) is 0.553. The van der Waals surface area contributed by atoms with Gasteiger partial charge in [-0.05, 0) is 27.7 Å². The van der Waals surface area contributed by atoms with Gasteiger partial charge in [-0.15, -0.1) is 0 Å². The van der Waals surface area contributed by atoms with Crippen molar-refractivity contribution in [3.8, 4) is 0 Å². The molecule has 5 nitrogen and oxygen atoms in total. The Morgan fingerprint density at radius 3 is 1.81 bits per heavy atom. The minimum Gasteiger partial charge on any atom is -0.373 e. The molecule has 1 atom stereocenters. The molecule has 0 rings (SSSR count). The van der Waals surface area contributed by atoms with Crippen molar-refractivity contribution < 1.29 is 13.3 Å². The van der Waals surface area contributed by atoms with Gasteiger partial charge in [0.05, 0.1) is 5.67 Å². The SMILES string of the molecule is CCO[Si](OCC)(OCC)C(C)NCCN. The van der Waals surface area contributed by atoms with Crippen molar-refractivity contribution in [2.75, 3.05) is 32.9 Å². The second kappa shape index (κ2) is 9.09. The van der Waals surface area contributed by atoms with Crippen LogP contribution in [-0.4, -0.2) is 47.4 Å². The van der Waals surface area contributed by atoms with Crippen molar-refractivity contribution in [3.63, 3.8) is 0 Å². The highest BCUT2D eigenvalue weighted by molar-refractivity contribution is 6.62. The molecule has 16 heavy (non-hydrogen) atoms. The minimum atomic E-state index is -2.60. The van der Waals surface area contributed by atoms with Crippen LogP contribution in [0.3, 0.4) is 0 Å². The van der Waals surface area contributed by atoms with Gasteiger partial charge in [-0.25, -0.2) is 0 Å². The second-order valence-electron chi connectivity index (χ2n) is 3.37. The van der Waals surface area contributed by atoms with Gasteiger partial charge in [-0.2, -0.15) is 0 Å². The van der Waals surface area contributed by atoms with E-state index in [2.05, 4.69) is 5.32 Å². The molecule has 0 aromatic rings. The first-order valence-electron chi connectivity index (χ1n) is 6.02. The number of nitrogens with two attached hydrogens (primary N) is 1. The predicted molar refractivity (Wildman–Crippen MR) is 67.2 cm³/mol. The summed E-state index contributed by atoms with van der Waals surface area (Å²) in [4.78, 5) is 0. The molecule has 6 heteroatoms. The van der Waals surface area contributed by atoms with Crippen molar-refractivity contribution in [2.24, 2.45) is 5.73 Å². The van der Waals surface area contributed by atoms with Crippen LogP contribution in [0.5, 0.6) is 0 Å². The third kappa shape index (κ3) is 4.90. The minimum absolute atomic E-state index is 0.0656. The van der Waals surface area contributed by atoms with Gasteiger partial charge < -0.3 is 24.3 Å². The van der Waals surface area contributed by atoms with Crippen LogP contribution in [0.1, 0.15) is 27.7 Å². The fourth-order valence-electron chi connectivity index (χ4n) is 1.53. The highest BCUT2D eigenvalue weighted by Gasteiger charge is 2.46. The predicted octanol–water partition coefficient (Wildman–Crippen LogP) is 0.511. The molecule has 0 bridgehead atoms. The zero-order valence-corrected chi connectivity index (χ0v) is 11.9. The molecular formula is C10H26N2O3Si. The Bertz CT molecular complexity index is 155. The first-order valence-corrected chi connectivity index (χ1v) is 7.82. The van der Waals surface area contributed by atoms with Crippen LogP contribution in [0.2, 0.25) is 0 Å². The van der Waals surface area contributed by atoms with Gasteiger partial charge in [0.1, 0.15) is 0 Å². The zero-order valence-electron chi connectivity index (χ0n) is 10.9. The maximum atomic E-state index is 5.76. The van der Waals surface area contributed by atoms with Crippen molar-refractivity contribution in [1.82, 2.24) is 5.32 Å². The lowest BCUT2D eigenvalue weighted by Crippen LogP contribution is -2.61. The molecule has 0 heterocycles. The molecule has 0 aromatic heterocycles. The van der Waals surface area contributed by atoms with E-state index in [1.54, 1.807) is 0 Å². The molecule has 0 fully saturated rings. The second-order valence-corrected chi connectivity index (χ2v) is 6.31. The van der Waals surface area contributed by atoms with Crippen LogP contribution in [0, 0.1) is 0 Å². The third-order valence-corrected chi connectivity index (χ3v) is 5.50. The average molecular weight is 250 g/mol. The number of rotatable bonds is 10. The lowest BCUT2D eigenvalue weighted by Gasteiger charge is -2.33. The lowest BCUT2D eigenvalue weighted by atomic mass is 10.6. The molecule has 98 valence electrons. The van der Waals surface area contributed by atoms with E-state index in [1.165, 1.54) is 0 Å². The van der Waals surface area contributed by atoms with Crippen LogP contribution >= 0.6 is 0 Å². The van der Waals surface area contributed by atoms with Crippen LogP contribution in [0.4, 0.5) is 0 Å². The van der Waals surface area contributed by atoms with Gasteiger partial charge in [-0.1, -0.05) is 0 Å². The molecule has 3 N–H and O–H groups in total. The van der Waals surface area contributed by atoms with Gasteiger partial charge in [0.15, 0.2) is 0 Å². The van der Waals surface area contributed by atoms with Gasteiger partial charge >= 0.3 is 8.80 Å². The number of hydrogen-bond donors (Lipinski definition) is 2. The first-order chi connectivity index (χ1) is 7.66. The third-order valence-electron chi connectivity index (χ3n) is 2.16. The summed E-state index contributed by atoms with van der Waals surface area (Å²) in [6.45, 7) is 11.0. The van der Waals surface area contributed by atoms with Crippen molar-refractivity contribution in [3.05, 3.63) is 0 Å². The maximum absolute atomic E-state index is 5.76. The average Bonchev–Trinajstić information content (AvgIpc) is 2.26. The Balaban J connectivity index is 4.54. The smallest absolute Gasteiger partial charge is 0.373 e. The fourth-order valence-corrected chi connectivity index (χ4v) is 4.13. The van der Waals surface area contributed by atoms with Crippen molar-refractivity contribution in [2.45, 2.75) is 33.4 Å². The van der Waals surface area contributed by atoms with Crippen LogP contribution in [0.15, 0.2) is 0 Å². The van der Waals surface area contributed by atoms with Gasteiger partial charge in [-0.3, -0.25) is 0 Å². The summed E-state index contributed by atoms with van der Waals surface area (Å²) < 4.78 is 17.3. The molecule has 0 radical (unpaired) electrons. The van der Waals surface area contributed by atoms with Gasteiger partial charge in [0.25, 0.3) is 0 Å². The Labute approximate surface area is 100 Å². The summed E-state index contributed by atoms with van der Waals surface area (Å²) >= 11 is 0. The summed E-state index contributed by atoms with van der Waals surface area (Å²) in [6.07, 6.45) is 0. The summed E-state index contributed by atoms with van der Waals surface area (Å²) in [5, 5.41) is 3.29. The van der Waals surface area contributed by atoms with E-state index in [4.69, 9.17) is 19.0 Å². The van der Waals surface area contributed by atoms with Crippen molar-refractivity contribution in [1.29, 1.82) is 0 Å². The van der Waals surface area contributed by atoms with E-state index in [0.717, 1.165) is 6.54 Å². The Hall–Kier alpha value is 0.0169. The van der Waals surface area contributed by atoms with Crippen LogP contribution in [-0.2, 0) is 13.3 Å². The molecule has 0 amide bonds. The molecule has 0 aliphatic rings. The monoisotopic (exact) mass is 250 g/mol. The summed E-state index contributed by atoms with van der Waals surface area (Å²) in [5.74, 6) is 0. The molecule has 0 aromatic carbocycles. The highest BCUT2D eigenvalue weighted by Crippen LogP contribution is 2.14. The van der Waals surface area contributed by atoms with Gasteiger partial charge in [0.2, 0.25) is 0 Å². The van der Waals surface area contributed by atoms with E-state index >= 15 is 0 Å². The fraction of sp³-hybridized carbons (Fsp3) is 1.00. The summed E-state index contributed by atoms with van der Waals surface area (Å²) in [5.41, 5.74) is 5.54. The number of hydrogen-bond acceptors (Lipinski definition) is 5. The van der Waals surface area contributed by atoms with E-state index in [0.29, 0.717) is 26.4 Å². The van der Waals surface area contributed by atoms with E-state index in [1.807, 2.05) is 27.7 Å². The van der Waals surface area contributed by atoms with Gasteiger partial charge in [0, 0.05) is 32.9 Å². The van der Waals surface area contributed by atoms with E-state index in [-0.39, 0.29) is 5.67 Å². The largest absolute Gasteiger partial charge is 0.518 e. The maximum Gasteiger partial charge on any atom is 0.518 e. The highest BCUT2D eigenvalue weighted by atomic mass is 28.4. The molecule has 0 aliphatic carbocycles. The van der Waals surface area contributed by atoms with E-state index in [9.17, 15) is 0 Å². The summed E-state index contributed by atoms with van der Waals surface area (Å²) in [7, 11) is -2.60. The Morgan fingerprint density at radius 1 is 1.06 bits per heavy atom. The summed E-state index contributed by atoms with van der Waals surface area (Å²) in [6, 6.07) is 0. The first kappa shape index (κ1) is 16.0. The zero-order chi connectivity index (χ0) is 12.4. The topological polar surface area (TPSA) is 65.7 Å². The van der Waals surface area contributed by atoms with Crippen LogP contribution in [0.25, 0.3) is 0 Å². The lowest BCUT2D eigenvalue weighted by molar-refractivity contribution is 0.0600. The standard InChI is InChI=1S/C10H26N2O3Si/c1-5-13-16(14-6-2,15-7-3)10(4)12-9-8-11/h10,12H,5-9,11H2,1-4H3. The molecular weight excluding hydrogens is 224 g/mol. The Kier molecular flexibility index (Phi) is 9.10. The molecule has 1 unspecified atom stereocenters. The van der Waals surface area contributed by atoms with Crippen molar-refractivity contribution >= 4 is 8.80 Å². The molecule has 0 saturated carbocycles. The normalized spacial score (nSPS) is 14.1.